The van der Waals surface area contributed by atoms with Gasteiger partial charge in [-0.2, -0.15) is 0 Å². The van der Waals surface area contributed by atoms with Gasteiger partial charge >= 0.3 is 0 Å². The van der Waals surface area contributed by atoms with E-state index < -0.39 is 0 Å². The van der Waals surface area contributed by atoms with E-state index in [4.69, 9.17) is 10.3 Å². The van der Waals surface area contributed by atoms with Crippen LogP contribution in [-0.4, -0.2) is 5.16 Å². The van der Waals surface area contributed by atoms with E-state index in [2.05, 4.69) is 21.1 Å². The van der Waals surface area contributed by atoms with Crippen LogP contribution in [0.5, 0.6) is 0 Å². The SMILES string of the molecule is Cc1ccc(Br)c(-c2cc(N)on2)c1F. The monoisotopic (exact) mass is 270 g/mol. The molecule has 2 rings (SSSR count). The molecule has 3 nitrogen and oxygen atoms in total. The molecule has 0 bridgehead atoms. The van der Waals surface area contributed by atoms with Crippen molar-refractivity contribution < 1.29 is 8.91 Å². The van der Waals surface area contributed by atoms with E-state index in [0.29, 0.717) is 21.3 Å². The lowest BCUT2D eigenvalue weighted by Crippen LogP contribution is -1.90. The Hall–Kier alpha value is -1.36. The minimum absolute atomic E-state index is 0.165. The van der Waals surface area contributed by atoms with Crippen LogP contribution in [-0.2, 0) is 0 Å². The van der Waals surface area contributed by atoms with E-state index in [1.54, 1.807) is 19.1 Å². The van der Waals surface area contributed by atoms with Crippen LogP contribution in [0.25, 0.3) is 11.3 Å². The van der Waals surface area contributed by atoms with Crippen molar-refractivity contribution in [2.45, 2.75) is 6.92 Å². The first-order valence-electron chi connectivity index (χ1n) is 4.26. The quantitative estimate of drug-likeness (QED) is 0.866. The number of benzene rings is 1. The highest BCUT2D eigenvalue weighted by Gasteiger charge is 2.15. The molecule has 15 heavy (non-hydrogen) atoms. The first-order valence-corrected chi connectivity index (χ1v) is 5.06. The molecule has 2 N–H and O–H groups in total. The summed E-state index contributed by atoms with van der Waals surface area (Å²) in [5.74, 6) is -0.157. The molecular weight excluding hydrogens is 263 g/mol. The molecule has 5 heteroatoms. The van der Waals surface area contributed by atoms with Crippen molar-refractivity contribution in [2.24, 2.45) is 0 Å². The van der Waals surface area contributed by atoms with E-state index in [9.17, 15) is 4.39 Å². The number of aromatic nitrogens is 1. The third-order valence-electron chi connectivity index (χ3n) is 2.07. The Morgan fingerprint density at radius 3 is 2.80 bits per heavy atom. The van der Waals surface area contributed by atoms with Gasteiger partial charge in [-0.05, 0) is 34.5 Å². The summed E-state index contributed by atoms with van der Waals surface area (Å²) >= 11 is 3.26. The third kappa shape index (κ3) is 1.74. The Morgan fingerprint density at radius 1 is 1.47 bits per heavy atom. The number of hydrogen-bond donors (Lipinski definition) is 1. The summed E-state index contributed by atoms with van der Waals surface area (Å²) in [7, 11) is 0. The highest BCUT2D eigenvalue weighted by molar-refractivity contribution is 9.10. The molecule has 0 fully saturated rings. The van der Waals surface area contributed by atoms with Crippen LogP contribution in [0.3, 0.4) is 0 Å². The number of halogens is 2. The van der Waals surface area contributed by atoms with Gasteiger partial charge in [0.15, 0.2) is 0 Å². The molecule has 0 aliphatic heterocycles. The molecule has 0 aliphatic carbocycles. The van der Waals surface area contributed by atoms with Gasteiger partial charge in [-0.15, -0.1) is 0 Å². The zero-order valence-electron chi connectivity index (χ0n) is 7.92. The van der Waals surface area contributed by atoms with Gasteiger partial charge in [0.1, 0.15) is 11.5 Å². The maximum Gasteiger partial charge on any atom is 0.222 e. The topological polar surface area (TPSA) is 52.0 Å². The molecule has 0 saturated heterocycles. The van der Waals surface area contributed by atoms with Crippen molar-refractivity contribution in [3.8, 4) is 11.3 Å². The second-order valence-corrected chi connectivity index (χ2v) is 4.02. The van der Waals surface area contributed by atoms with Gasteiger partial charge in [0.25, 0.3) is 0 Å². The molecule has 0 aliphatic rings. The summed E-state index contributed by atoms with van der Waals surface area (Å²) in [4.78, 5) is 0. The van der Waals surface area contributed by atoms with Gasteiger partial charge in [0, 0.05) is 10.5 Å². The maximum atomic E-state index is 13.8. The summed E-state index contributed by atoms with van der Waals surface area (Å²) in [6, 6.07) is 4.94. The van der Waals surface area contributed by atoms with Gasteiger partial charge in [0.05, 0.1) is 5.56 Å². The second-order valence-electron chi connectivity index (χ2n) is 3.17. The summed E-state index contributed by atoms with van der Waals surface area (Å²) < 4.78 is 19.1. The predicted molar refractivity (Wildman–Crippen MR) is 58.7 cm³/mol. The zero-order valence-corrected chi connectivity index (χ0v) is 9.51. The molecule has 78 valence electrons. The van der Waals surface area contributed by atoms with Crippen LogP contribution in [0.2, 0.25) is 0 Å². The molecule has 0 radical (unpaired) electrons. The molecule has 1 aromatic carbocycles. The summed E-state index contributed by atoms with van der Waals surface area (Å²) in [5, 5.41) is 3.68. The minimum atomic E-state index is -0.322. The van der Waals surface area contributed by atoms with Crippen LogP contribution >= 0.6 is 15.9 Å². The Balaban J connectivity index is 2.66. The molecule has 0 amide bonds. The highest BCUT2D eigenvalue weighted by atomic mass is 79.9. The minimum Gasteiger partial charge on any atom is -0.368 e. The Morgan fingerprint density at radius 2 is 2.20 bits per heavy atom. The second kappa shape index (κ2) is 3.66. The molecule has 2 aromatic rings. The lowest BCUT2D eigenvalue weighted by atomic mass is 10.1. The summed E-state index contributed by atoms with van der Waals surface area (Å²) in [5.41, 5.74) is 6.70. The normalized spacial score (nSPS) is 10.6. The van der Waals surface area contributed by atoms with Crippen LogP contribution in [0, 0.1) is 12.7 Å². The molecular formula is C10H8BrFN2O. The average Bonchev–Trinajstić information content (AvgIpc) is 2.59. The van der Waals surface area contributed by atoms with Gasteiger partial charge in [0.2, 0.25) is 5.88 Å². The number of rotatable bonds is 1. The Kier molecular flexibility index (Phi) is 2.48. The van der Waals surface area contributed by atoms with Gasteiger partial charge in [-0.1, -0.05) is 11.2 Å². The smallest absolute Gasteiger partial charge is 0.222 e. The fraction of sp³-hybridized carbons (Fsp3) is 0.100. The molecule has 1 aromatic heterocycles. The van der Waals surface area contributed by atoms with E-state index in [1.807, 2.05) is 0 Å². The number of nitrogens with zero attached hydrogens (tertiary/aromatic N) is 1. The zero-order chi connectivity index (χ0) is 11.0. The molecule has 0 unspecified atom stereocenters. The largest absolute Gasteiger partial charge is 0.368 e. The van der Waals surface area contributed by atoms with E-state index >= 15 is 0 Å². The van der Waals surface area contributed by atoms with E-state index in [-0.39, 0.29) is 11.7 Å². The van der Waals surface area contributed by atoms with Crippen LogP contribution in [0.1, 0.15) is 5.56 Å². The van der Waals surface area contributed by atoms with Crippen molar-refractivity contribution in [3.05, 3.63) is 34.1 Å². The van der Waals surface area contributed by atoms with Gasteiger partial charge in [-0.3, -0.25) is 0 Å². The number of hydrogen-bond acceptors (Lipinski definition) is 3. The lowest BCUT2D eigenvalue weighted by Gasteiger charge is -2.04. The Labute approximate surface area is 94.2 Å². The van der Waals surface area contributed by atoms with E-state index in [0.717, 1.165) is 0 Å². The molecule has 0 saturated carbocycles. The van der Waals surface area contributed by atoms with Gasteiger partial charge < -0.3 is 10.3 Å². The molecule has 0 spiro atoms. The van der Waals surface area contributed by atoms with E-state index in [1.165, 1.54) is 6.07 Å². The van der Waals surface area contributed by atoms with Crippen molar-refractivity contribution in [1.82, 2.24) is 5.16 Å². The number of nitrogen functional groups attached to an aromatic ring is 1. The average molecular weight is 271 g/mol. The third-order valence-corrected chi connectivity index (χ3v) is 2.73. The van der Waals surface area contributed by atoms with Crippen LogP contribution in [0.4, 0.5) is 10.3 Å². The highest BCUT2D eigenvalue weighted by Crippen LogP contribution is 2.32. The van der Waals surface area contributed by atoms with Crippen molar-refractivity contribution in [2.75, 3.05) is 5.73 Å². The number of aryl methyl sites for hydroxylation is 1. The standard InChI is InChI=1S/C10H8BrFN2O/c1-5-2-3-6(11)9(10(5)12)7-4-8(13)15-14-7/h2-4H,13H2,1H3. The lowest BCUT2D eigenvalue weighted by molar-refractivity contribution is 0.438. The van der Waals surface area contributed by atoms with Crippen molar-refractivity contribution in [1.29, 1.82) is 0 Å². The molecule has 1 heterocycles. The van der Waals surface area contributed by atoms with Crippen LogP contribution in [0.15, 0.2) is 27.2 Å². The predicted octanol–water partition coefficient (Wildman–Crippen LogP) is 3.13. The van der Waals surface area contributed by atoms with Crippen molar-refractivity contribution >= 4 is 21.8 Å². The summed E-state index contributed by atoms with van der Waals surface area (Å²) in [6.07, 6.45) is 0. The van der Waals surface area contributed by atoms with Crippen LogP contribution < -0.4 is 5.73 Å². The fourth-order valence-corrected chi connectivity index (χ4v) is 1.81. The van der Waals surface area contributed by atoms with Crippen molar-refractivity contribution in [3.63, 3.8) is 0 Å². The number of nitrogens with two attached hydrogens (primary N) is 1. The first kappa shape index (κ1) is 10.2. The fourth-order valence-electron chi connectivity index (χ4n) is 1.30. The molecule has 0 atom stereocenters. The first-order chi connectivity index (χ1) is 7.09. The number of anilines is 1. The van der Waals surface area contributed by atoms with Gasteiger partial charge in [-0.25, -0.2) is 4.39 Å². The maximum absolute atomic E-state index is 13.8. The summed E-state index contributed by atoms with van der Waals surface area (Å²) in [6.45, 7) is 1.69. The Bertz CT molecular complexity index is 510.